The SMILES string of the molecule is CC(=O)OCC(COC(C)=O)OCCCC(=O)ON1C(=O)CCC1=O.[HH].[HH]. The molecule has 1 aliphatic heterocycles. The molecule has 0 atom stereocenters. The maximum Gasteiger partial charge on any atom is 0.333 e. The summed E-state index contributed by atoms with van der Waals surface area (Å²) in [4.78, 5) is 60.6. The molecule has 0 spiro atoms. The highest BCUT2D eigenvalue weighted by Crippen LogP contribution is 2.13. The van der Waals surface area contributed by atoms with Crippen molar-refractivity contribution in [3.05, 3.63) is 0 Å². The van der Waals surface area contributed by atoms with Crippen LogP contribution in [-0.2, 0) is 43.0 Å². The Bertz CT molecular complexity index is 507. The first kappa shape index (κ1) is 20.6. The summed E-state index contributed by atoms with van der Waals surface area (Å²) >= 11 is 0. The van der Waals surface area contributed by atoms with Crippen molar-refractivity contribution in [2.24, 2.45) is 0 Å². The van der Waals surface area contributed by atoms with Crippen LogP contribution in [0.15, 0.2) is 0 Å². The zero-order valence-corrected chi connectivity index (χ0v) is 14.1. The minimum Gasteiger partial charge on any atom is -0.463 e. The molecule has 1 rings (SSSR count). The molecule has 0 aromatic heterocycles. The van der Waals surface area contributed by atoms with Gasteiger partial charge in [-0.05, 0) is 6.42 Å². The van der Waals surface area contributed by atoms with Crippen LogP contribution in [0.1, 0.15) is 42.4 Å². The van der Waals surface area contributed by atoms with Crippen LogP contribution in [0, 0.1) is 0 Å². The summed E-state index contributed by atoms with van der Waals surface area (Å²) in [6, 6.07) is 0. The molecule has 25 heavy (non-hydrogen) atoms. The number of imide groups is 1. The maximum absolute atomic E-state index is 11.6. The van der Waals surface area contributed by atoms with Gasteiger partial charge in [-0.1, -0.05) is 0 Å². The van der Waals surface area contributed by atoms with E-state index >= 15 is 0 Å². The third kappa shape index (κ3) is 8.25. The maximum atomic E-state index is 11.6. The van der Waals surface area contributed by atoms with E-state index in [1.54, 1.807) is 0 Å². The Hall–Kier alpha value is -2.49. The Morgan fingerprint density at radius 3 is 2.04 bits per heavy atom. The average molecular weight is 363 g/mol. The van der Waals surface area contributed by atoms with E-state index in [0.717, 1.165) is 0 Å². The number of nitrogens with zero attached hydrogens (tertiary/aromatic N) is 1. The number of carbonyl (C=O) groups excluding carboxylic acids is 5. The van der Waals surface area contributed by atoms with Crippen molar-refractivity contribution in [3.63, 3.8) is 0 Å². The van der Waals surface area contributed by atoms with Crippen LogP contribution in [-0.4, -0.2) is 60.7 Å². The molecule has 0 radical (unpaired) electrons. The topological polar surface area (TPSA) is 126 Å². The highest BCUT2D eigenvalue weighted by molar-refractivity contribution is 6.01. The van der Waals surface area contributed by atoms with Gasteiger partial charge in [0.2, 0.25) is 0 Å². The van der Waals surface area contributed by atoms with Gasteiger partial charge < -0.3 is 19.0 Å². The summed E-state index contributed by atoms with van der Waals surface area (Å²) in [5.74, 6) is -2.82. The second-order valence-corrected chi connectivity index (χ2v) is 5.25. The monoisotopic (exact) mass is 363 g/mol. The molecule has 0 aromatic carbocycles. The first-order valence-corrected chi connectivity index (χ1v) is 7.74. The quantitative estimate of drug-likeness (QED) is 0.307. The van der Waals surface area contributed by atoms with Gasteiger partial charge in [0.15, 0.2) is 0 Å². The van der Waals surface area contributed by atoms with E-state index in [4.69, 9.17) is 19.0 Å². The highest BCUT2D eigenvalue weighted by Gasteiger charge is 2.32. The zero-order valence-electron chi connectivity index (χ0n) is 14.1. The molecule has 1 saturated heterocycles. The molecule has 0 bridgehead atoms. The summed E-state index contributed by atoms with van der Waals surface area (Å²) in [6.07, 6.45) is -0.436. The Morgan fingerprint density at radius 2 is 1.56 bits per heavy atom. The minimum atomic E-state index is -0.733. The Balaban J connectivity index is 0. The number of hydroxylamine groups is 2. The standard InChI is InChI=1S/C15H21NO9.2H2/c1-10(17)23-8-12(9-24-11(2)18)22-7-3-4-15(21)25-16-13(19)5-6-14(16)20;;/h12H,3-9H2,1-2H3;2*1H. The predicted octanol–water partition coefficient (Wildman–Crippen LogP) is 0.377. The lowest BCUT2D eigenvalue weighted by Gasteiger charge is -2.17. The van der Waals surface area contributed by atoms with Gasteiger partial charge in [-0.3, -0.25) is 19.2 Å². The average Bonchev–Trinajstić information content (AvgIpc) is 2.84. The molecule has 0 unspecified atom stereocenters. The minimum absolute atomic E-state index is 0. The van der Waals surface area contributed by atoms with Crippen molar-refractivity contribution in [1.82, 2.24) is 5.06 Å². The van der Waals surface area contributed by atoms with E-state index in [-0.39, 0.29) is 48.4 Å². The number of ether oxygens (including phenoxy) is 3. The van der Waals surface area contributed by atoms with Crippen LogP contribution < -0.4 is 0 Å². The number of hydrogen-bond donors (Lipinski definition) is 0. The van der Waals surface area contributed by atoms with Gasteiger partial charge in [0.05, 0.1) is 6.42 Å². The third-order valence-corrected chi connectivity index (χ3v) is 3.02. The molecular formula is C15H25NO9. The molecule has 1 heterocycles. The molecule has 1 fully saturated rings. The lowest BCUT2D eigenvalue weighted by Crippen LogP contribution is -2.32. The van der Waals surface area contributed by atoms with Gasteiger partial charge in [-0.15, -0.1) is 5.06 Å². The van der Waals surface area contributed by atoms with E-state index in [2.05, 4.69) is 0 Å². The van der Waals surface area contributed by atoms with E-state index in [9.17, 15) is 24.0 Å². The molecule has 0 N–H and O–H groups in total. The first-order chi connectivity index (χ1) is 11.8. The van der Waals surface area contributed by atoms with Gasteiger partial charge in [-0.2, -0.15) is 0 Å². The van der Waals surface area contributed by atoms with Crippen molar-refractivity contribution in [2.75, 3.05) is 19.8 Å². The molecule has 1 aliphatic rings. The summed E-state index contributed by atoms with van der Waals surface area (Å²) in [5.41, 5.74) is 0. The number of esters is 2. The fourth-order valence-corrected chi connectivity index (χ4v) is 1.84. The van der Waals surface area contributed by atoms with E-state index in [1.807, 2.05) is 0 Å². The highest BCUT2D eigenvalue weighted by atomic mass is 16.7. The molecule has 0 saturated carbocycles. The molecular weight excluding hydrogens is 338 g/mol. The van der Waals surface area contributed by atoms with Gasteiger partial charge in [0.1, 0.15) is 19.3 Å². The van der Waals surface area contributed by atoms with Crippen LogP contribution >= 0.6 is 0 Å². The van der Waals surface area contributed by atoms with Crippen LogP contribution in [0.3, 0.4) is 0 Å². The second-order valence-electron chi connectivity index (χ2n) is 5.25. The van der Waals surface area contributed by atoms with Crippen LogP contribution in [0.25, 0.3) is 0 Å². The molecule has 144 valence electrons. The lowest BCUT2D eigenvalue weighted by atomic mass is 10.3. The normalized spacial score (nSPS) is 14.0. The summed E-state index contributed by atoms with van der Waals surface area (Å²) in [5, 5.41) is 0.480. The zero-order chi connectivity index (χ0) is 18.8. The molecule has 2 amide bonds. The van der Waals surface area contributed by atoms with Crippen LogP contribution in [0.4, 0.5) is 0 Å². The molecule has 0 aliphatic carbocycles. The largest absolute Gasteiger partial charge is 0.463 e. The van der Waals surface area contributed by atoms with E-state index in [0.29, 0.717) is 5.06 Å². The lowest BCUT2D eigenvalue weighted by molar-refractivity contribution is -0.197. The first-order valence-electron chi connectivity index (χ1n) is 7.74. The van der Waals surface area contributed by atoms with Crippen LogP contribution in [0.2, 0.25) is 0 Å². The number of carbonyl (C=O) groups is 5. The molecule has 0 aromatic rings. The van der Waals surface area contributed by atoms with Gasteiger partial charge in [0.25, 0.3) is 11.8 Å². The summed E-state index contributed by atoms with van der Waals surface area (Å²) < 4.78 is 15.0. The Labute approximate surface area is 147 Å². The van der Waals surface area contributed by atoms with E-state index in [1.165, 1.54) is 13.8 Å². The van der Waals surface area contributed by atoms with Gasteiger partial charge in [-0.25, -0.2) is 4.79 Å². The smallest absolute Gasteiger partial charge is 0.333 e. The number of hydrogen-bond acceptors (Lipinski definition) is 9. The molecule has 10 heteroatoms. The third-order valence-electron chi connectivity index (χ3n) is 3.02. The Morgan fingerprint density at radius 1 is 1.04 bits per heavy atom. The molecule has 10 nitrogen and oxygen atoms in total. The van der Waals surface area contributed by atoms with Gasteiger partial charge >= 0.3 is 17.9 Å². The van der Waals surface area contributed by atoms with Crippen molar-refractivity contribution in [2.45, 2.75) is 45.6 Å². The van der Waals surface area contributed by atoms with Crippen molar-refractivity contribution in [1.29, 1.82) is 0 Å². The van der Waals surface area contributed by atoms with Crippen molar-refractivity contribution in [3.8, 4) is 0 Å². The second kappa shape index (κ2) is 10.4. The van der Waals surface area contributed by atoms with Crippen LogP contribution in [0.5, 0.6) is 0 Å². The number of rotatable bonds is 10. The van der Waals surface area contributed by atoms with Crippen molar-refractivity contribution >= 4 is 29.7 Å². The predicted molar refractivity (Wildman–Crippen MR) is 83.6 cm³/mol. The number of amides is 2. The summed E-state index contributed by atoms with van der Waals surface area (Å²) in [7, 11) is 0. The Kier molecular flexibility index (Phi) is 8.54. The summed E-state index contributed by atoms with van der Waals surface area (Å²) in [6.45, 7) is 2.39. The fraction of sp³-hybridized carbons (Fsp3) is 0.667. The fourth-order valence-electron chi connectivity index (χ4n) is 1.84. The van der Waals surface area contributed by atoms with Gasteiger partial charge in [0, 0.05) is 36.1 Å². The van der Waals surface area contributed by atoms with E-state index < -0.39 is 35.8 Å². The van der Waals surface area contributed by atoms with Crippen molar-refractivity contribution < 1.29 is 45.9 Å².